The second kappa shape index (κ2) is 3.91. The summed E-state index contributed by atoms with van der Waals surface area (Å²) >= 11 is 0. The third-order valence-corrected chi connectivity index (χ3v) is 3.09. The summed E-state index contributed by atoms with van der Waals surface area (Å²) in [4.78, 5) is 4.63. The molecule has 16 heavy (non-hydrogen) atoms. The third-order valence-electron chi connectivity index (χ3n) is 3.09. The minimum atomic E-state index is -0.00212. The first-order valence-corrected chi connectivity index (χ1v) is 5.69. The molecule has 0 aliphatic heterocycles. The number of aromatic nitrogens is 2. The molecule has 0 spiro atoms. The zero-order valence-electron chi connectivity index (χ0n) is 10.4. The molecule has 0 aliphatic rings. The number of hydrogen-bond donors (Lipinski definition) is 1. The van der Waals surface area contributed by atoms with Crippen LogP contribution in [0, 0.1) is 12.8 Å². The number of imidazole rings is 1. The van der Waals surface area contributed by atoms with Crippen LogP contribution in [0.4, 0.5) is 0 Å². The van der Waals surface area contributed by atoms with Crippen molar-refractivity contribution in [3.8, 4) is 0 Å². The molecule has 1 aromatic heterocycles. The average molecular weight is 217 g/mol. The molecule has 0 aliphatic carbocycles. The van der Waals surface area contributed by atoms with Gasteiger partial charge in [-0.15, -0.1) is 0 Å². The molecule has 1 heterocycles. The molecule has 3 heteroatoms. The zero-order valence-corrected chi connectivity index (χ0v) is 10.4. The summed E-state index contributed by atoms with van der Waals surface area (Å²) in [5.74, 6) is 1.37. The predicted octanol–water partition coefficient (Wildman–Crippen LogP) is 2.54. The van der Waals surface area contributed by atoms with Gasteiger partial charge >= 0.3 is 0 Å². The van der Waals surface area contributed by atoms with Crippen molar-refractivity contribution in [3.63, 3.8) is 0 Å². The van der Waals surface area contributed by atoms with E-state index in [-0.39, 0.29) is 6.04 Å². The Morgan fingerprint density at radius 2 is 2.00 bits per heavy atom. The van der Waals surface area contributed by atoms with Gasteiger partial charge in [-0.1, -0.05) is 19.9 Å². The summed E-state index contributed by atoms with van der Waals surface area (Å²) in [7, 11) is 2.03. The van der Waals surface area contributed by atoms with Crippen LogP contribution in [0.3, 0.4) is 0 Å². The molecule has 0 saturated heterocycles. The second-order valence-corrected chi connectivity index (χ2v) is 4.79. The summed E-state index contributed by atoms with van der Waals surface area (Å²) < 4.78 is 2.10. The van der Waals surface area contributed by atoms with Crippen LogP contribution < -0.4 is 5.73 Å². The zero-order chi connectivity index (χ0) is 11.9. The topological polar surface area (TPSA) is 43.8 Å². The molecular weight excluding hydrogens is 198 g/mol. The Kier molecular flexibility index (Phi) is 2.72. The first-order chi connectivity index (χ1) is 7.50. The van der Waals surface area contributed by atoms with Gasteiger partial charge in [-0.3, -0.25) is 0 Å². The number of benzene rings is 1. The molecule has 2 N–H and O–H groups in total. The summed E-state index contributed by atoms with van der Waals surface area (Å²) in [6, 6.07) is 6.31. The first kappa shape index (κ1) is 11.1. The quantitative estimate of drug-likeness (QED) is 0.840. The fourth-order valence-electron chi connectivity index (χ4n) is 1.92. The minimum Gasteiger partial charge on any atom is -0.330 e. The minimum absolute atomic E-state index is 0.00212. The van der Waals surface area contributed by atoms with E-state index in [9.17, 15) is 0 Å². The lowest BCUT2D eigenvalue weighted by molar-refractivity contribution is 0.480. The molecule has 2 rings (SSSR count). The number of aryl methyl sites for hydroxylation is 2. The van der Waals surface area contributed by atoms with Crippen LogP contribution in [0.15, 0.2) is 18.2 Å². The third kappa shape index (κ3) is 1.71. The van der Waals surface area contributed by atoms with E-state index in [0.717, 1.165) is 16.9 Å². The maximum atomic E-state index is 6.16. The smallest absolute Gasteiger partial charge is 0.126 e. The van der Waals surface area contributed by atoms with Crippen LogP contribution in [0.2, 0.25) is 0 Å². The van der Waals surface area contributed by atoms with E-state index in [1.807, 2.05) is 7.05 Å². The van der Waals surface area contributed by atoms with E-state index in [0.29, 0.717) is 5.92 Å². The van der Waals surface area contributed by atoms with E-state index < -0.39 is 0 Å². The van der Waals surface area contributed by atoms with Crippen LogP contribution in [-0.4, -0.2) is 9.55 Å². The van der Waals surface area contributed by atoms with Crippen molar-refractivity contribution in [2.24, 2.45) is 18.7 Å². The Bertz CT molecular complexity index is 511. The fourth-order valence-corrected chi connectivity index (χ4v) is 1.92. The van der Waals surface area contributed by atoms with E-state index in [1.165, 1.54) is 5.56 Å². The van der Waals surface area contributed by atoms with Crippen LogP contribution >= 0.6 is 0 Å². The summed E-state index contributed by atoms with van der Waals surface area (Å²) in [5.41, 5.74) is 9.57. The van der Waals surface area contributed by atoms with Gasteiger partial charge in [0.15, 0.2) is 0 Å². The van der Waals surface area contributed by atoms with Crippen molar-refractivity contribution < 1.29 is 0 Å². The van der Waals surface area contributed by atoms with Crippen molar-refractivity contribution in [2.45, 2.75) is 26.8 Å². The Labute approximate surface area is 96.3 Å². The van der Waals surface area contributed by atoms with Crippen LogP contribution in [-0.2, 0) is 7.05 Å². The van der Waals surface area contributed by atoms with Crippen LogP contribution in [0.5, 0.6) is 0 Å². The number of hydrogen-bond acceptors (Lipinski definition) is 2. The average Bonchev–Trinajstić information content (AvgIpc) is 2.54. The van der Waals surface area contributed by atoms with Gasteiger partial charge in [0.25, 0.3) is 0 Å². The van der Waals surface area contributed by atoms with E-state index in [2.05, 4.69) is 48.5 Å². The first-order valence-electron chi connectivity index (χ1n) is 5.69. The van der Waals surface area contributed by atoms with Crippen molar-refractivity contribution in [2.75, 3.05) is 0 Å². The van der Waals surface area contributed by atoms with Crippen LogP contribution in [0.1, 0.15) is 31.3 Å². The van der Waals surface area contributed by atoms with Crippen molar-refractivity contribution >= 4 is 11.0 Å². The van der Waals surface area contributed by atoms with Gasteiger partial charge in [-0.2, -0.15) is 0 Å². The molecule has 86 valence electrons. The maximum absolute atomic E-state index is 6.16. The molecule has 0 unspecified atom stereocenters. The lowest BCUT2D eigenvalue weighted by Crippen LogP contribution is -2.20. The Balaban J connectivity index is 2.60. The van der Waals surface area contributed by atoms with Gasteiger partial charge in [0.2, 0.25) is 0 Å². The standard InChI is InChI=1S/C13H19N3/c1-8(2)12(14)13-15-10-7-9(3)5-6-11(10)16(13)4/h5-8,12H,14H2,1-4H3/t12-/m0/s1. The summed E-state index contributed by atoms with van der Waals surface area (Å²) in [5, 5.41) is 0. The molecule has 0 fully saturated rings. The number of nitrogens with two attached hydrogens (primary N) is 1. The molecule has 0 amide bonds. The van der Waals surface area contributed by atoms with Gasteiger partial charge in [-0.25, -0.2) is 4.98 Å². The Morgan fingerprint density at radius 1 is 1.31 bits per heavy atom. The van der Waals surface area contributed by atoms with Crippen molar-refractivity contribution in [3.05, 3.63) is 29.6 Å². The molecule has 3 nitrogen and oxygen atoms in total. The fraction of sp³-hybridized carbons (Fsp3) is 0.462. The van der Waals surface area contributed by atoms with E-state index >= 15 is 0 Å². The molecule has 0 saturated carbocycles. The summed E-state index contributed by atoms with van der Waals surface area (Å²) in [6.45, 7) is 6.32. The highest BCUT2D eigenvalue weighted by Gasteiger charge is 2.17. The normalized spacial score (nSPS) is 13.6. The predicted molar refractivity (Wildman–Crippen MR) is 67.2 cm³/mol. The highest BCUT2D eigenvalue weighted by molar-refractivity contribution is 5.76. The van der Waals surface area contributed by atoms with Crippen molar-refractivity contribution in [1.82, 2.24) is 9.55 Å². The molecule has 0 radical (unpaired) electrons. The van der Waals surface area contributed by atoms with E-state index in [1.54, 1.807) is 0 Å². The Morgan fingerprint density at radius 3 is 2.62 bits per heavy atom. The molecule has 1 atom stereocenters. The lowest BCUT2D eigenvalue weighted by atomic mass is 10.1. The molecular formula is C13H19N3. The number of rotatable bonds is 2. The highest BCUT2D eigenvalue weighted by atomic mass is 15.1. The van der Waals surface area contributed by atoms with E-state index in [4.69, 9.17) is 5.73 Å². The highest BCUT2D eigenvalue weighted by Crippen LogP contribution is 2.23. The molecule has 0 bridgehead atoms. The molecule has 1 aromatic carbocycles. The van der Waals surface area contributed by atoms with Gasteiger partial charge in [0, 0.05) is 7.05 Å². The van der Waals surface area contributed by atoms with Crippen molar-refractivity contribution in [1.29, 1.82) is 0 Å². The van der Waals surface area contributed by atoms with Gasteiger partial charge in [0.1, 0.15) is 5.82 Å². The molecule has 2 aromatic rings. The second-order valence-electron chi connectivity index (χ2n) is 4.79. The van der Waals surface area contributed by atoms with Gasteiger partial charge in [-0.05, 0) is 30.5 Å². The van der Waals surface area contributed by atoms with Gasteiger partial charge in [0.05, 0.1) is 17.1 Å². The largest absolute Gasteiger partial charge is 0.330 e. The number of fused-ring (bicyclic) bond motifs is 1. The van der Waals surface area contributed by atoms with Gasteiger partial charge < -0.3 is 10.3 Å². The van der Waals surface area contributed by atoms with Crippen LogP contribution in [0.25, 0.3) is 11.0 Å². The Hall–Kier alpha value is -1.35. The lowest BCUT2D eigenvalue weighted by Gasteiger charge is -2.14. The maximum Gasteiger partial charge on any atom is 0.126 e. The summed E-state index contributed by atoms with van der Waals surface area (Å²) in [6.07, 6.45) is 0. The monoisotopic (exact) mass is 217 g/mol. The SMILES string of the molecule is Cc1ccc2c(c1)nc([C@@H](N)C(C)C)n2C. The number of nitrogens with zero attached hydrogens (tertiary/aromatic N) is 2.